The van der Waals surface area contributed by atoms with Crippen molar-refractivity contribution in [2.45, 2.75) is 38.1 Å². The molecular formula is C15H24N2O3S. The molecule has 0 aromatic carbocycles. The van der Waals surface area contributed by atoms with Gasteiger partial charge in [0.1, 0.15) is 6.04 Å². The monoisotopic (exact) mass is 312 g/mol. The van der Waals surface area contributed by atoms with Crippen LogP contribution in [0.5, 0.6) is 0 Å². The van der Waals surface area contributed by atoms with Gasteiger partial charge in [-0.25, -0.2) is 9.59 Å². The number of hydrogen-bond donors (Lipinski definition) is 2. The minimum absolute atomic E-state index is 0.166. The SMILES string of the molecule is O=C(O)C1C2CCCC2CN1C(=O)NCC1CCSCC1. The van der Waals surface area contributed by atoms with E-state index in [2.05, 4.69) is 5.32 Å². The van der Waals surface area contributed by atoms with Crippen molar-refractivity contribution in [1.29, 1.82) is 0 Å². The molecule has 2 N–H and O–H groups in total. The number of carbonyl (C=O) groups is 2. The lowest BCUT2D eigenvalue weighted by Crippen LogP contribution is -2.49. The fraction of sp³-hybridized carbons (Fsp3) is 0.867. The Balaban J connectivity index is 1.57. The highest BCUT2D eigenvalue weighted by molar-refractivity contribution is 7.99. The van der Waals surface area contributed by atoms with Gasteiger partial charge < -0.3 is 15.3 Å². The average molecular weight is 312 g/mol. The molecule has 3 unspecified atom stereocenters. The number of nitrogens with one attached hydrogen (secondary N) is 1. The number of thioether (sulfide) groups is 1. The Kier molecular flexibility index (Phi) is 4.62. The number of likely N-dealkylation sites (tertiary alicyclic amines) is 1. The Bertz CT molecular complexity index is 412. The van der Waals surface area contributed by atoms with Crippen molar-refractivity contribution in [2.24, 2.45) is 17.8 Å². The van der Waals surface area contributed by atoms with Crippen LogP contribution in [0.2, 0.25) is 0 Å². The normalized spacial score (nSPS) is 33.0. The molecule has 2 heterocycles. The van der Waals surface area contributed by atoms with Gasteiger partial charge in [-0.2, -0.15) is 11.8 Å². The quantitative estimate of drug-likeness (QED) is 0.836. The van der Waals surface area contributed by atoms with Crippen LogP contribution in [0.4, 0.5) is 4.79 Å². The second-order valence-electron chi connectivity index (χ2n) is 6.53. The van der Waals surface area contributed by atoms with Crippen LogP contribution >= 0.6 is 11.8 Å². The summed E-state index contributed by atoms with van der Waals surface area (Å²) in [6.07, 6.45) is 5.43. The zero-order chi connectivity index (χ0) is 14.8. The lowest BCUT2D eigenvalue weighted by Gasteiger charge is -2.27. The number of carbonyl (C=O) groups excluding carboxylic acids is 1. The summed E-state index contributed by atoms with van der Waals surface area (Å²) in [5.41, 5.74) is 0. The maximum Gasteiger partial charge on any atom is 0.326 e. The van der Waals surface area contributed by atoms with E-state index in [0.29, 0.717) is 24.9 Å². The van der Waals surface area contributed by atoms with E-state index in [0.717, 1.165) is 32.1 Å². The number of rotatable bonds is 3. The summed E-state index contributed by atoms with van der Waals surface area (Å²) in [4.78, 5) is 25.5. The van der Waals surface area contributed by atoms with E-state index in [-0.39, 0.29) is 11.9 Å². The standard InChI is InChI=1S/C15H24N2O3S/c18-14(19)13-12-3-1-2-11(12)9-17(13)15(20)16-8-10-4-6-21-7-5-10/h10-13H,1-9H2,(H,16,20)(H,18,19). The first-order chi connectivity index (χ1) is 10.2. The highest BCUT2D eigenvalue weighted by atomic mass is 32.2. The summed E-state index contributed by atoms with van der Waals surface area (Å²) < 4.78 is 0. The lowest BCUT2D eigenvalue weighted by atomic mass is 9.94. The Hall–Kier alpha value is -0.910. The molecule has 2 saturated heterocycles. The van der Waals surface area contributed by atoms with Crippen molar-refractivity contribution in [3.05, 3.63) is 0 Å². The molecule has 118 valence electrons. The van der Waals surface area contributed by atoms with Gasteiger partial charge in [0.15, 0.2) is 0 Å². The third-order valence-corrected chi connectivity index (χ3v) is 6.34. The fourth-order valence-electron chi connectivity index (χ4n) is 4.11. The molecule has 0 radical (unpaired) electrons. The van der Waals surface area contributed by atoms with Crippen molar-refractivity contribution in [1.82, 2.24) is 10.2 Å². The van der Waals surface area contributed by atoms with E-state index >= 15 is 0 Å². The number of aliphatic carboxylic acids is 1. The molecule has 3 fully saturated rings. The number of carboxylic acid groups (broad SMARTS) is 1. The van der Waals surface area contributed by atoms with Crippen LogP contribution in [0.3, 0.4) is 0 Å². The third kappa shape index (κ3) is 3.15. The molecule has 0 aromatic rings. The summed E-state index contributed by atoms with van der Waals surface area (Å²) in [7, 11) is 0. The van der Waals surface area contributed by atoms with Gasteiger partial charge in [0, 0.05) is 13.1 Å². The van der Waals surface area contributed by atoms with Crippen LogP contribution in [0.1, 0.15) is 32.1 Å². The zero-order valence-electron chi connectivity index (χ0n) is 12.3. The van der Waals surface area contributed by atoms with E-state index in [4.69, 9.17) is 0 Å². The highest BCUT2D eigenvalue weighted by Crippen LogP contribution is 2.42. The first-order valence-corrected chi connectivity index (χ1v) is 9.17. The van der Waals surface area contributed by atoms with Crippen LogP contribution in [0.15, 0.2) is 0 Å². The smallest absolute Gasteiger partial charge is 0.326 e. The predicted molar refractivity (Wildman–Crippen MR) is 82.4 cm³/mol. The van der Waals surface area contributed by atoms with Gasteiger partial charge in [-0.05, 0) is 54.9 Å². The molecule has 0 spiro atoms. The fourth-order valence-corrected chi connectivity index (χ4v) is 5.32. The Morgan fingerprint density at radius 1 is 1.19 bits per heavy atom. The number of carboxylic acids is 1. The van der Waals surface area contributed by atoms with Gasteiger partial charge in [-0.1, -0.05) is 6.42 Å². The van der Waals surface area contributed by atoms with Crippen molar-refractivity contribution >= 4 is 23.8 Å². The van der Waals surface area contributed by atoms with E-state index in [1.807, 2.05) is 11.8 Å². The third-order valence-electron chi connectivity index (χ3n) is 5.29. The van der Waals surface area contributed by atoms with Crippen LogP contribution < -0.4 is 5.32 Å². The van der Waals surface area contributed by atoms with Gasteiger partial charge >= 0.3 is 12.0 Å². The molecule has 21 heavy (non-hydrogen) atoms. The zero-order valence-corrected chi connectivity index (χ0v) is 13.1. The maximum absolute atomic E-state index is 12.4. The number of amides is 2. The van der Waals surface area contributed by atoms with Gasteiger partial charge in [0.2, 0.25) is 0 Å². The number of hydrogen-bond acceptors (Lipinski definition) is 3. The van der Waals surface area contributed by atoms with E-state index in [1.54, 1.807) is 4.90 Å². The number of fused-ring (bicyclic) bond motifs is 1. The van der Waals surface area contributed by atoms with Crippen molar-refractivity contribution in [2.75, 3.05) is 24.6 Å². The molecule has 3 aliphatic rings. The summed E-state index contributed by atoms with van der Waals surface area (Å²) in [5.74, 6) is 2.62. The minimum atomic E-state index is -0.839. The number of nitrogens with zero attached hydrogens (tertiary/aromatic N) is 1. The Labute approximate surface area is 129 Å². The van der Waals surface area contributed by atoms with Crippen LogP contribution in [-0.2, 0) is 4.79 Å². The molecule has 1 aliphatic carbocycles. The molecule has 6 heteroatoms. The molecule has 0 bridgehead atoms. The van der Waals surface area contributed by atoms with E-state index < -0.39 is 12.0 Å². The second-order valence-corrected chi connectivity index (χ2v) is 7.76. The molecule has 3 rings (SSSR count). The maximum atomic E-state index is 12.4. The van der Waals surface area contributed by atoms with Gasteiger partial charge in [-0.15, -0.1) is 0 Å². The molecule has 1 saturated carbocycles. The summed E-state index contributed by atoms with van der Waals surface area (Å²) in [5, 5.41) is 12.5. The highest BCUT2D eigenvalue weighted by Gasteiger charge is 2.49. The van der Waals surface area contributed by atoms with Crippen molar-refractivity contribution in [3.63, 3.8) is 0 Å². The average Bonchev–Trinajstić information content (AvgIpc) is 3.05. The van der Waals surface area contributed by atoms with Gasteiger partial charge in [0.25, 0.3) is 0 Å². The topological polar surface area (TPSA) is 69.6 Å². The van der Waals surface area contributed by atoms with Crippen LogP contribution in [0.25, 0.3) is 0 Å². The lowest BCUT2D eigenvalue weighted by molar-refractivity contribution is -0.142. The Morgan fingerprint density at radius 2 is 1.95 bits per heavy atom. The molecule has 2 amide bonds. The summed E-state index contributed by atoms with van der Waals surface area (Å²) in [6.45, 7) is 1.31. The first kappa shape index (κ1) is 15.0. The molecule has 0 aromatic heterocycles. The number of urea groups is 1. The Morgan fingerprint density at radius 3 is 2.67 bits per heavy atom. The molecule has 3 atom stereocenters. The van der Waals surface area contributed by atoms with E-state index in [9.17, 15) is 14.7 Å². The van der Waals surface area contributed by atoms with Crippen molar-refractivity contribution < 1.29 is 14.7 Å². The second kappa shape index (κ2) is 6.46. The predicted octanol–water partition coefficient (Wildman–Crippen LogP) is 2.02. The largest absolute Gasteiger partial charge is 0.480 e. The summed E-state index contributed by atoms with van der Waals surface area (Å²) in [6, 6.07) is -0.783. The first-order valence-electron chi connectivity index (χ1n) is 8.02. The molecule has 5 nitrogen and oxygen atoms in total. The van der Waals surface area contributed by atoms with Gasteiger partial charge in [0.05, 0.1) is 0 Å². The minimum Gasteiger partial charge on any atom is -0.480 e. The molecular weight excluding hydrogens is 288 g/mol. The van der Waals surface area contributed by atoms with Crippen LogP contribution in [-0.4, -0.2) is 52.6 Å². The van der Waals surface area contributed by atoms with Gasteiger partial charge in [-0.3, -0.25) is 0 Å². The van der Waals surface area contributed by atoms with Crippen LogP contribution in [0, 0.1) is 17.8 Å². The molecule has 2 aliphatic heterocycles. The summed E-state index contributed by atoms with van der Waals surface area (Å²) >= 11 is 1.97. The van der Waals surface area contributed by atoms with Crippen molar-refractivity contribution in [3.8, 4) is 0 Å². The van der Waals surface area contributed by atoms with E-state index in [1.165, 1.54) is 11.5 Å².